The minimum atomic E-state index is 0. The van der Waals surface area contributed by atoms with Gasteiger partial charge in [0, 0.05) is 20.1 Å². The summed E-state index contributed by atoms with van der Waals surface area (Å²) in [4.78, 5) is 0. The first-order valence-electron chi connectivity index (χ1n) is 9.91. The summed E-state index contributed by atoms with van der Waals surface area (Å²) in [5.41, 5.74) is 3.13. The van der Waals surface area contributed by atoms with Gasteiger partial charge >= 0.3 is 0 Å². The molecule has 0 aromatic heterocycles. The first kappa shape index (κ1) is 31.7. The molecule has 0 unspecified atom stereocenters. The van der Waals surface area contributed by atoms with E-state index in [9.17, 15) is 0 Å². The van der Waals surface area contributed by atoms with Crippen molar-refractivity contribution in [1.82, 2.24) is 0 Å². The van der Waals surface area contributed by atoms with Crippen LogP contribution in [0.2, 0.25) is 0 Å². The van der Waals surface area contributed by atoms with Gasteiger partial charge in [-0.15, -0.1) is 0 Å². The van der Waals surface area contributed by atoms with Crippen molar-refractivity contribution in [2.24, 2.45) is 30.9 Å². The van der Waals surface area contributed by atoms with Crippen molar-refractivity contribution in [2.45, 2.75) is 77.0 Å². The quantitative estimate of drug-likeness (QED) is 0.152. The van der Waals surface area contributed by atoms with Gasteiger partial charge in [0.2, 0.25) is 0 Å². The molecule has 0 aromatic carbocycles. The summed E-state index contributed by atoms with van der Waals surface area (Å²) in [6, 6.07) is 0. The molecule has 6 N–H and O–H groups in total. The van der Waals surface area contributed by atoms with Crippen molar-refractivity contribution in [3.8, 4) is 0 Å². The molecule has 0 bridgehead atoms. The van der Waals surface area contributed by atoms with Crippen molar-refractivity contribution in [2.75, 3.05) is 0 Å². The molecule has 3 fully saturated rings. The largest absolute Gasteiger partial charge is 0.411 e. The van der Waals surface area contributed by atoms with Gasteiger partial charge in [0.25, 0.3) is 0 Å². The number of hydrogen-bond acceptors (Lipinski definition) is 12. The maximum atomic E-state index is 8.39. The van der Waals surface area contributed by atoms with E-state index >= 15 is 0 Å². The summed E-state index contributed by atoms with van der Waals surface area (Å²) in [5.74, 6) is 0. The van der Waals surface area contributed by atoms with Crippen LogP contribution in [0.4, 0.5) is 0 Å². The van der Waals surface area contributed by atoms with E-state index in [1.807, 2.05) is 0 Å². The first-order chi connectivity index (χ1) is 14.6. The third kappa shape index (κ3) is 10.7. The zero-order valence-electron chi connectivity index (χ0n) is 18.2. The molecule has 0 aliphatic heterocycles. The average Bonchev–Trinajstić information content (AvgIpc) is 2.84. The van der Waals surface area contributed by atoms with Crippen LogP contribution in [0.1, 0.15) is 77.0 Å². The standard InChI is InChI=1S/3C6H10N2O2.CH3.Tc/c3*9-7-5-3-1-2-4-6(5)8-10;;/h3*9-10H,1-4H2;1H3;/q;;;-1;/b3*7-5+,8-6+;;/i;;;;1+1. The summed E-state index contributed by atoms with van der Waals surface area (Å²) < 4.78 is 0. The molecule has 13 heteroatoms. The van der Waals surface area contributed by atoms with Crippen LogP contribution in [0.15, 0.2) is 30.9 Å². The molecular formula is C19H33N6O6Tc-. The van der Waals surface area contributed by atoms with Crippen molar-refractivity contribution < 1.29 is 51.3 Å². The van der Waals surface area contributed by atoms with E-state index in [4.69, 9.17) is 31.2 Å². The second-order valence-electron chi connectivity index (χ2n) is 6.90. The van der Waals surface area contributed by atoms with Gasteiger partial charge in [-0.2, -0.15) is 0 Å². The van der Waals surface area contributed by atoms with Gasteiger partial charge in [0.05, 0.1) is 0 Å². The number of rotatable bonds is 0. The summed E-state index contributed by atoms with van der Waals surface area (Å²) in [6.45, 7) is 0. The molecule has 0 saturated heterocycles. The van der Waals surface area contributed by atoms with E-state index in [-0.39, 0.29) is 27.5 Å². The van der Waals surface area contributed by atoms with Crippen molar-refractivity contribution in [1.29, 1.82) is 0 Å². The Hall–Kier alpha value is -2.53. The number of hydrogen-bond donors (Lipinski definition) is 6. The fourth-order valence-corrected chi connectivity index (χ4v) is 3.27. The van der Waals surface area contributed by atoms with Gasteiger partial charge in [-0.1, -0.05) is 30.9 Å². The molecule has 0 aromatic rings. The van der Waals surface area contributed by atoms with Crippen LogP contribution in [-0.2, 0) is 20.1 Å². The molecule has 1 radical (unpaired) electrons. The minimum Gasteiger partial charge on any atom is -0.411 e. The van der Waals surface area contributed by atoms with Gasteiger partial charge in [-0.25, -0.2) is 0 Å². The smallest absolute Gasteiger partial charge is 0.104 e. The number of nitrogens with zero attached hydrogens (tertiary/aromatic N) is 6. The van der Waals surface area contributed by atoms with Crippen molar-refractivity contribution >= 4 is 34.3 Å². The molecule has 0 amide bonds. The first-order valence-corrected chi connectivity index (χ1v) is 9.91. The number of oxime groups is 6. The Labute approximate surface area is 201 Å². The monoisotopic (exact) mass is 540 g/mol. The van der Waals surface area contributed by atoms with Gasteiger partial charge < -0.3 is 38.7 Å². The third-order valence-corrected chi connectivity index (χ3v) is 4.96. The molecule has 3 aliphatic carbocycles. The van der Waals surface area contributed by atoms with Crippen molar-refractivity contribution in [3.63, 3.8) is 0 Å². The Bertz CT molecular complexity index is 566. The van der Waals surface area contributed by atoms with Crippen LogP contribution in [0.3, 0.4) is 0 Å². The summed E-state index contributed by atoms with van der Waals surface area (Å²) in [6.07, 6.45) is 10.4. The van der Waals surface area contributed by atoms with Gasteiger partial charge in [0.15, 0.2) is 0 Å². The molecule has 0 atom stereocenters. The van der Waals surface area contributed by atoms with Crippen LogP contribution in [0.5, 0.6) is 0 Å². The Morgan fingerprint density at radius 1 is 0.344 bits per heavy atom. The Kier molecular flexibility index (Phi) is 19.0. The minimum absolute atomic E-state index is 0. The van der Waals surface area contributed by atoms with E-state index < -0.39 is 0 Å². The van der Waals surface area contributed by atoms with Crippen LogP contribution >= 0.6 is 0 Å². The fourth-order valence-electron chi connectivity index (χ4n) is 3.27. The maximum absolute atomic E-state index is 8.39. The molecule has 3 aliphatic rings. The Balaban J connectivity index is 0. The topological polar surface area (TPSA) is 196 Å². The van der Waals surface area contributed by atoms with Crippen LogP contribution < -0.4 is 0 Å². The molecule has 0 spiro atoms. The van der Waals surface area contributed by atoms with Gasteiger partial charge in [0.1, 0.15) is 34.3 Å². The molecule has 183 valence electrons. The Morgan fingerprint density at radius 2 is 0.469 bits per heavy atom. The molecule has 3 saturated carbocycles. The summed E-state index contributed by atoms with van der Waals surface area (Å²) >= 11 is 0. The molecule has 3 rings (SSSR count). The van der Waals surface area contributed by atoms with E-state index in [1.165, 1.54) is 0 Å². The summed E-state index contributed by atoms with van der Waals surface area (Å²) in [5, 5.41) is 68.5. The maximum Gasteiger partial charge on any atom is 0.104 e. The second kappa shape index (κ2) is 19.2. The Morgan fingerprint density at radius 3 is 0.562 bits per heavy atom. The van der Waals surface area contributed by atoms with E-state index in [0.29, 0.717) is 34.3 Å². The molecule has 0 heterocycles. The fraction of sp³-hybridized carbons (Fsp3) is 0.632. The van der Waals surface area contributed by atoms with Gasteiger partial charge in [-0.3, -0.25) is 0 Å². The third-order valence-electron chi connectivity index (χ3n) is 4.96. The zero-order chi connectivity index (χ0) is 22.2. The van der Waals surface area contributed by atoms with Crippen LogP contribution in [0.25, 0.3) is 0 Å². The zero-order valence-corrected chi connectivity index (χ0v) is 20.1. The summed E-state index contributed by atoms with van der Waals surface area (Å²) in [7, 11) is 0. The predicted octanol–water partition coefficient (Wildman–Crippen LogP) is 4.11. The molecular weight excluding hydrogens is 507 g/mol. The second-order valence-corrected chi connectivity index (χ2v) is 6.90. The normalized spacial score (nSPS) is 25.9. The van der Waals surface area contributed by atoms with Gasteiger partial charge in [-0.05, 0) is 77.0 Å². The SMILES string of the molecule is O/N=C1\CCCC\C1=N/O.O/N=C1\CCCC\C1=N/O.O/N=C1\CCCC\C1=N/O.[99Tc].[CH3-]. The van der Waals surface area contributed by atoms with Crippen molar-refractivity contribution in [3.05, 3.63) is 7.43 Å². The van der Waals surface area contributed by atoms with E-state index in [1.54, 1.807) is 0 Å². The van der Waals surface area contributed by atoms with Crippen LogP contribution in [0, 0.1) is 7.43 Å². The van der Waals surface area contributed by atoms with E-state index in [0.717, 1.165) is 77.0 Å². The van der Waals surface area contributed by atoms with E-state index in [2.05, 4.69) is 30.9 Å². The molecule has 32 heavy (non-hydrogen) atoms. The molecule has 12 nitrogen and oxygen atoms in total. The van der Waals surface area contributed by atoms with Crippen LogP contribution in [-0.4, -0.2) is 65.5 Å². The average molecular weight is 540 g/mol. The predicted molar refractivity (Wildman–Crippen MR) is 117 cm³/mol.